The van der Waals surface area contributed by atoms with Crippen LogP contribution in [0.25, 0.3) is 22.7 Å². The minimum absolute atomic E-state index is 0.0303. The van der Waals surface area contributed by atoms with Crippen LogP contribution in [0.5, 0.6) is 0 Å². The summed E-state index contributed by atoms with van der Waals surface area (Å²) in [5.41, 5.74) is -5.61. The molecule has 1 unspecified atom stereocenters. The molecular formula is C18H12F6N3O5S2. The molecule has 2 heterocycles. The van der Waals surface area contributed by atoms with Crippen molar-refractivity contribution in [2.24, 2.45) is 5.16 Å². The number of sulfone groups is 1. The number of pyridine rings is 1. The first-order valence-electron chi connectivity index (χ1n) is 8.98. The molecule has 1 aromatic carbocycles. The molecule has 34 heavy (non-hydrogen) atoms. The Kier molecular flexibility index (Phi) is 7.14. The zero-order valence-electron chi connectivity index (χ0n) is 16.8. The Morgan fingerprint density at radius 3 is 2.53 bits per heavy atom. The minimum atomic E-state index is -5.00. The van der Waals surface area contributed by atoms with Crippen LogP contribution in [0, 0.1) is 0 Å². The molecule has 8 nitrogen and oxygen atoms in total. The van der Waals surface area contributed by atoms with Gasteiger partial charge in [0.2, 0.25) is 12.5 Å². The fraction of sp³-hybridized carbons (Fsp3) is 0.278. The van der Waals surface area contributed by atoms with Gasteiger partial charge in [-0.2, -0.15) is 13.2 Å². The Morgan fingerprint density at radius 1 is 1.21 bits per heavy atom. The summed E-state index contributed by atoms with van der Waals surface area (Å²) in [5.74, 6) is -0.768. The van der Waals surface area contributed by atoms with Crippen LogP contribution in [0.1, 0.15) is 12.5 Å². The van der Waals surface area contributed by atoms with Crippen LogP contribution in [0.2, 0.25) is 0 Å². The molecule has 0 aliphatic rings. The molecule has 1 atom stereocenters. The van der Waals surface area contributed by atoms with Gasteiger partial charge in [0.1, 0.15) is 17.4 Å². The molecule has 1 radical (unpaired) electrons. The molecule has 0 bridgehead atoms. The molecule has 0 aliphatic heterocycles. The van der Waals surface area contributed by atoms with E-state index in [1.165, 1.54) is 6.92 Å². The van der Waals surface area contributed by atoms with E-state index in [4.69, 9.17) is 4.42 Å². The summed E-state index contributed by atoms with van der Waals surface area (Å²) in [6.45, 7) is -0.365. The van der Waals surface area contributed by atoms with Crippen LogP contribution in [0.3, 0.4) is 0 Å². The SMILES string of the molecule is CCS(=O)(=O)c1cc([C]=NOCC(F)(F)F)cnc1-c1nc2cc([S+]([O-])C(F)(F)F)ccc2o1. The first-order valence-corrected chi connectivity index (χ1v) is 11.8. The van der Waals surface area contributed by atoms with Gasteiger partial charge in [-0.05, 0) is 18.2 Å². The highest BCUT2D eigenvalue weighted by atomic mass is 32.2. The number of rotatable bonds is 7. The molecule has 2 aromatic heterocycles. The Labute approximate surface area is 190 Å². The second-order valence-corrected chi connectivity index (χ2v) is 10.1. The van der Waals surface area contributed by atoms with E-state index < -0.39 is 54.8 Å². The van der Waals surface area contributed by atoms with Crippen LogP contribution in [0.15, 0.2) is 49.8 Å². The van der Waals surface area contributed by atoms with Gasteiger partial charge in [0.25, 0.3) is 0 Å². The molecule has 183 valence electrons. The maximum absolute atomic E-state index is 12.7. The molecule has 0 fully saturated rings. The predicted molar refractivity (Wildman–Crippen MR) is 106 cm³/mol. The van der Waals surface area contributed by atoms with Crippen LogP contribution in [0.4, 0.5) is 26.3 Å². The van der Waals surface area contributed by atoms with Crippen LogP contribution < -0.4 is 0 Å². The van der Waals surface area contributed by atoms with Gasteiger partial charge in [0.05, 0.1) is 21.8 Å². The summed E-state index contributed by atoms with van der Waals surface area (Å²) in [6.07, 6.45) is -1.55. The van der Waals surface area contributed by atoms with Crippen LogP contribution >= 0.6 is 0 Å². The highest BCUT2D eigenvalue weighted by Crippen LogP contribution is 2.34. The number of benzene rings is 1. The topological polar surface area (TPSA) is 118 Å². The van der Waals surface area contributed by atoms with Crippen molar-refractivity contribution in [2.75, 3.05) is 12.4 Å². The van der Waals surface area contributed by atoms with Crippen molar-refractivity contribution in [3.05, 3.63) is 36.0 Å². The fourth-order valence-electron chi connectivity index (χ4n) is 2.51. The molecule has 0 N–H and O–H groups in total. The first kappa shape index (κ1) is 25.8. The number of hydrogen-bond donors (Lipinski definition) is 0. The van der Waals surface area contributed by atoms with Crippen molar-refractivity contribution >= 4 is 38.3 Å². The molecule has 0 saturated carbocycles. The lowest BCUT2D eigenvalue weighted by molar-refractivity contribution is -0.173. The lowest BCUT2D eigenvalue weighted by Crippen LogP contribution is -2.23. The summed E-state index contributed by atoms with van der Waals surface area (Å²) in [6, 6.07) is 3.90. The molecule has 0 spiro atoms. The van der Waals surface area contributed by atoms with Crippen molar-refractivity contribution in [1.82, 2.24) is 9.97 Å². The van der Waals surface area contributed by atoms with Crippen LogP contribution in [-0.4, -0.2) is 53.2 Å². The average Bonchev–Trinajstić information content (AvgIpc) is 3.18. The third-order valence-electron chi connectivity index (χ3n) is 4.02. The van der Waals surface area contributed by atoms with E-state index in [9.17, 15) is 39.3 Å². The first-order chi connectivity index (χ1) is 15.7. The third kappa shape index (κ3) is 5.98. The molecule has 3 aromatic rings. The van der Waals surface area contributed by atoms with E-state index in [-0.39, 0.29) is 28.2 Å². The number of nitrogens with zero attached hydrogens (tertiary/aromatic N) is 3. The van der Waals surface area contributed by atoms with E-state index in [0.29, 0.717) is 0 Å². The van der Waals surface area contributed by atoms with Gasteiger partial charge in [-0.15, -0.1) is 13.2 Å². The number of aromatic nitrogens is 2. The largest absolute Gasteiger partial charge is 0.604 e. The number of fused-ring (bicyclic) bond motifs is 1. The zero-order valence-corrected chi connectivity index (χ0v) is 18.4. The Balaban J connectivity index is 2.02. The average molecular weight is 528 g/mol. The summed E-state index contributed by atoms with van der Waals surface area (Å²) in [7, 11) is -3.99. The van der Waals surface area contributed by atoms with Gasteiger partial charge in [0, 0.05) is 17.8 Å². The number of oxazole rings is 1. The van der Waals surface area contributed by atoms with Gasteiger partial charge < -0.3 is 13.8 Å². The minimum Gasteiger partial charge on any atom is -0.604 e. The highest BCUT2D eigenvalue weighted by molar-refractivity contribution is 7.92. The van der Waals surface area contributed by atoms with Crippen molar-refractivity contribution < 1.29 is 48.6 Å². The summed E-state index contributed by atoms with van der Waals surface area (Å²) < 4.78 is 117. The second kappa shape index (κ2) is 9.42. The number of hydrogen-bond acceptors (Lipinski definition) is 8. The standard InChI is InChI=1S/C18H12F6N3O5S2/c1-2-34(29,30)14-5-10(8-26-31-9-17(19,20)21)7-25-15(14)16-27-12-6-11(3-4-13(12)32-16)33(28)18(22,23)24/h3-7H,2,9H2,1H3. The van der Waals surface area contributed by atoms with Crippen molar-refractivity contribution in [3.63, 3.8) is 0 Å². The molecule has 0 saturated heterocycles. The number of halogens is 6. The Morgan fingerprint density at radius 2 is 1.91 bits per heavy atom. The van der Waals surface area contributed by atoms with Gasteiger partial charge >= 0.3 is 11.7 Å². The molecule has 0 aliphatic carbocycles. The van der Waals surface area contributed by atoms with Crippen molar-refractivity contribution in [2.45, 2.75) is 28.4 Å². The van der Waals surface area contributed by atoms with Gasteiger partial charge in [-0.3, -0.25) is 0 Å². The van der Waals surface area contributed by atoms with Gasteiger partial charge in [-0.25, -0.2) is 18.4 Å². The fourth-order valence-corrected chi connectivity index (χ4v) is 4.24. The van der Waals surface area contributed by atoms with Gasteiger partial charge in [-0.1, -0.05) is 12.1 Å². The van der Waals surface area contributed by atoms with Crippen LogP contribution in [-0.2, 0) is 25.9 Å². The van der Waals surface area contributed by atoms with Crippen molar-refractivity contribution in [1.29, 1.82) is 0 Å². The summed E-state index contributed by atoms with van der Waals surface area (Å²) in [5, 5.41) is 2.99. The van der Waals surface area contributed by atoms with E-state index in [1.807, 2.05) is 0 Å². The summed E-state index contributed by atoms with van der Waals surface area (Å²) in [4.78, 5) is 10.9. The molecular weight excluding hydrogens is 516 g/mol. The van der Waals surface area contributed by atoms with Crippen molar-refractivity contribution in [3.8, 4) is 11.6 Å². The van der Waals surface area contributed by atoms with E-state index in [1.54, 1.807) is 0 Å². The number of alkyl halides is 6. The Hall–Kier alpha value is -2.85. The smallest absolute Gasteiger partial charge is 0.578 e. The quantitative estimate of drug-likeness (QED) is 0.196. The third-order valence-corrected chi connectivity index (χ3v) is 6.87. The second-order valence-electron chi connectivity index (χ2n) is 6.43. The highest BCUT2D eigenvalue weighted by Gasteiger charge is 2.46. The lowest BCUT2D eigenvalue weighted by atomic mass is 10.2. The lowest BCUT2D eigenvalue weighted by Gasteiger charge is -2.11. The van der Waals surface area contributed by atoms with E-state index in [2.05, 4.69) is 26.2 Å². The summed E-state index contributed by atoms with van der Waals surface area (Å²) >= 11 is -3.32. The Bertz CT molecular complexity index is 1320. The molecule has 3 rings (SSSR count). The maximum atomic E-state index is 12.7. The molecule has 16 heteroatoms. The molecule has 0 amide bonds. The van der Waals surface area contributed by atoms with E-state index >= 15 is 0 Å². The maximum Gasteiger partial charge on any atom is 0.578 e. The normalized spacial score (nSPS) is 14.1. The zero-order chi connectivity index (χ0) is 25.3. The predicted octanol–water partition coefficient (Wildman–Crippen LogP) is 4.10. The van der Waals surface area contributed by atoms with E-state index in [0.717, 1.165) is 30.5 Å². The monoisotopic (exact) mass is 528 g/mol. The van der Waals surface area contributed by atoms with Gasteiger partial charge in [0.15, 0.2) is 20.3 Å².